The zero-order valence-corrected chi connectivity index (χ0v) is 10.8. The molecule has 0 amide bonds. The lowest BCUT2D eigenvalue weighted by molar-refractivity contribution is 1.15. The molecule has 0 fully saturated rings. The highest BCUT2D eigenvalue weighted by Crippen LogP contribution is 2.19. The van der Waals surface area contributed by atoms with Gasteiger partial charge in [0.25, 0.3) is 0 Å². The second kappa shape index (κ2) is 4.34. The number of fused-ring (bicyclic) bond motifs is 1. The summed E-state index contributed by atoms with van der Waals surface area (Å²) in [5.74, 6) is 0. The fraction of sp³-hybridized carbons (Fsp3) is 0.176. The minimum atomic E-state index is 1.00. The fourth-order valence-electron chi connectivity index (χ4n) is 2.47. The lowest BCUT2D eigenvalue weighted by Gasteiger charge is -2.07. The van der Waals surface area contributed by atoms with E-state index in [4.69, 9.17) is 0 Å². The van der Waals surface area contributed by atoms with Gasteiger partial charge in [-0.2, -0.15) is 0 Å². The molecule has 3 aromatic rings. The number of hydrogen-bond donors (Lipinski definition) is 1. The van der Waals surface area contributed by atoms with E-state index in [0.29, 0.717) is 0 Å². The molecule has 0 aliphatic heterocycles. The minimum absolute atomic E-state index is 1.00. The summed E-state index contributed by atoms with van der Waals surface area (Å²) in [6, 6.07) is 15.4. The van der Waals surface area contributed by atoms with Gasteiger partial charge in [-0.1, -0.05) is 35.9 Å². The van der Waals surface area contributed by atoms with Gasteiger partial charge in [0, 0.05) is 11.7 Å². The Morgan fingerprint density at radius 3 is 2.67 bits per heavy atom. The highest BCUT2D eigenvalue weighted by atomic mass is 14.7. The standard InChI is InChI=1S/C17H17N/c1-12-3-5-16(13(2)9-12)10-14-4-6-15-7-8-18-17(15)11-14/h3-9,11,18H,10H2,1-2H3. The average molecular weight is 235 g/mol. The number of aryl methyl sites for hydroxylation is 2. The van der Waals surface area contributed by atoms with Gasteiger partial charge in [0.05, 0.1) is 0 Å². The third kappa shape index (κ3) is 2.04. The molecule has 18 heavy (non-hydrogen) atoms. The van der Waals surface area contributed by atoms with Crippen LogP contribution in [0, 0.1) is 13.8 Å². The van der Waals surface area contributed by atoms with E-state index in [1.54, 1.807) is 0 Å². The average Bonchev–Trinajstić information content (AvgIpc) is 2.80. The van der Waals surface area contributed by atoms with Crippen molar-refractivity contribution >= 4 is 10.9 Å². The van der Waals surface area contributed by atoms with Gasteiger partial charge < -0.3 is 4.98 Å². The van der Waals surface area contributed by atoms with Crippen LogP contribution >= 0.6 is 0 Å². The van der Waals surface area contributed by atoms with Crippen molar-refractivity contribution in [3.8, 4) is 0 Å². The normalized spacial score (nSPS) is 11.0. The van der Waals surface area contributed by atoms with Gasteiger partial charge in [0.2, 0.25) is 0 Å². The molecule has 1 heterocycles. The van der Waals surface area contributed by atoms with Crippen molar-refractivity contribution in [1.82, 2.24) is 4.98 Å². The zero-order chi connectivity index (χ0) is 12.5. The van der Waals surface area contributed by atoms with Crippen molar-refractivity contribution in [2.45, 2.75) is 20.3 Å². The molecule has 1 aromatic heterocycles. The van der Waals surface area contributed by atoms with Gasteiger partial charge in [-0.15, -0.1) is 0 Å². The van der Waals surface area contributed by atoms with Crippen LogP contribution in [0.4, 0.5) is 0 Å². The molecule has 1 nitrogen and oxygen atoms in total. The van der Waals surface area contributed by atoms with E-state index in [-0.39, 0.29) is 0 Å². The molecule has 90 valence electrons. The molecular formula is C17H17N. The summed E-state index contributed by atoms with van der Waals surface area (Å²) in [6.07, 6.45) is 2.99. The van der Waals surface area contributed by atoms with E-state index in [2.05, 4.69) is 61.3 Å². The van der Waals surface area contributed by atoms with Gasteiger partial charge in [0.1, 0.15) is 0 Å². The summed E-state index contributed by atoms with van der Waals surface area (Å²) in [4.78, 5) is 3.27. The lowest BCUT2D eigenvalue weighted by Crippen LogP contribution is -1.92. The lowest BCUT2D eigenvalue weighted by atomic mass is 9.98. The topological polar surface area (TPSA) is 15.8 Å². The Bertz CT molecular complexity index is 692. The van der Waals surface area contributed by atoms with Crippen LogP contribution in [0.5, 0.6) is 0 Å². The third-order valence-electron chi connectivity index (χ3n) is 3.51. The number of aromatic nitrogens is 1. The summed E-state index contributed by atoms with van der Waals surface area (Å²) in [7, 11) is 0. The third-order valence-corrected chi connectivity index (χ3v) is 3.51. The summed E-state index contributed by atoms with van der Waals surface area (Å²) in [6.45, 7) is 4.33. The van der Waals surface area contributed by atoms with Crippen LogP contribution in [-0.2, 0) is 6.42 Å². The largest absolute Gasteiger partial charge is 0.361 e. The second-order valence-electron chi connectivity index (χ2n) is 5.01. The van der Waals surface area contributed by atoms with Crippen LogP contribution in [0.15, 0.2) is 48.7 Å². The highest BCUT2D eigenvalue weighted by molar-refractivity contribution is 5.79. The molecule has 1 heteroatoms. The summed E-state index contributed by atoms with van der Waals surface area (Å²) in [5.41, 5.74) is 6.69. The maximum atomic E-state index is 3.27. The molecule has 1 N–H and O–H groups in total. The second-order valence-corrected chi connectivity index (χ2v) is 5.01. The van der Waals surface area contributed by atoms with Gasteiger partial charge in [0.15, 0.2) is 0 Å². The Morgan fingerprint density at radius 2 is 1.83 bits per heavy atom. The molecule has 2 aromatic carbocycles. The number of nitrogens with one attached hydrogen (secondary N) is 1. The number of hydrogen-bond acceptors (Lipinski definition) is 0. The van der Waals surface area contributed by atoms with E-state index >= 15 is 0 Å². The van der Waals surface area contributed by atoms with Crippen molar-refractivity contribution < 1.29 is 0 Å². The van der Waals surface area contributed by atoms with Crippen molar-refractivity contribution in [3.05, 3.63) is 70.9 Å². The Kier molecular flexibility index (Phi) is 2.67. The van der Waals surface area contributed by atoms with Crippen LogP contribution in [0.2, 0.25) is 0 Å². The molecule has 0 bridgehead atoms. The minimum Gasteiger partial charge on any atom is -0.361 e. The first-order chi connectivity index (χ1) is 8.72. The number of rotatable bonds is 2. The molecule has 0 spiro atoms. The first-order valence-corrected chi connectivity index (χ1v) is 6.34. The van der Waals surface area contributed by atoms with E-state index < -0.39 is 0 Å². The van der Waals surface area contributed by atoms with Crippen LogP contribution < -0.4 is 0 Å². The molecule has 0 aliphatic rings. The van der Waals surface area contributed by atoms with Crippen LogP contribution in [-0.4, -0.2) is 4.98 Å². The molecule has 0 atom stereocenters. The van der Waals surface area contributed by atoms with E-state index in [1.807, 2.05) is 6.20 Å². The summed E-state index contributed by atoms with van der Waals surface area (Å²) in [5, 5.41) is 1.28. The number of benzene rings is 2. The van der Waals surface area contributed by atoms with E-state index in [9.17, 15) is 0 Å². The van der Waals surface area contributed by atoms with Crippen LogP contribution in [0.3, 0.4) is 0 Å². The Morgan fingerprint density at radius 1 is 0.944 bits per heavy atom. The van der Waals surface area contributed by atoms with Crippen molar-refractivity contribution in [2.75, 3.05) is 0 Å². The van der Waals surface area contributed by atoms with Crippen molar-refractivity contribution in [2.24, 2.45) is 0 Å². The quantitative estimate of drug-likeness (QED) is 0.678. The Labute approximate surface area is 107 Å². The van der Waals surface area contributed by atoms with Gasteiger partial charge in [-0.3, -0.25) is 0 Å². The Balaban J connectivity index is 1.95. The summed E-state index contributed by atoms with van der Waals surface area (Å²) < 4.78 is 0. The summed E-state index contributed by atoms with van der Waals surface area (Å²) >= 11 is 0. The fourth-order valence-corrected chi connectivity index (χ4v) is 2.47. The monoisotopic (exact) mass is 235 g/mol. The van der Waals surface area contributed by atoms with Crippen LogP contribution in [0.25, 0.3) is 10.9 Å². The molecule has 3 rings (SSSR count). The zero-order valence-electron chi connectivity index (χ0n) is 10.8. The predicted molar refractivity (Wildman–Crippen MR) is 77.0 cm³/mol. The van der Waals surface area contributed by atoms with Gasteiger partial charge in [-0.25, -0.2) is 0 Å². The van der Waals surface area contributed by atoms with Crippen LogP contribution in [0.1, 0.15) is 22.3 Å². The molecular weight excluding hydrogens is 218 g/mol. The van der Waals surface area contributed by atoms with Gasteiger partial charge in [-0.05, 0) is 54.5 Å². The van der Waals surface area contributed by atoms with Crippen molar-refractivity contribution in [3.63, 3.8) is 0 Å². The molecule has 0 aliphatic carbocycles. The first-order valence-electron chi connectivity index (χ1n) is 6.34. The number of aromatic amines is 1. The number of H-pyrrole nitrogens is 1. The molecule has 0 saturated carbocycles. The maximum Gasteiger partial charge on any atom is 0.0456 e. The smallest absolute Gasteiger partial charge is 0.0456 e. The maximum absolute atomic E-state index is 3.27. The van der Waals surface area contributed by atoms with Crippen molar-refractivity contribution in [1.29, 1.82) is 0 Å². The first kappa shape index (κ1) is 11.1. The SMILES string of the molecule is Cc1ccc(Cc2ccc3cc[nH]c3c2)c(C)c1. The molecule has 0 saturated heterocycles. The molecule has 0 unspecified atom stereocenters. The Hall–Kier alpha value is -2.02. The molecule has 0 radical (unpaired) electrons. The van der Waals surface area contributed by atoms with Gasteiger partial charge >= 0.3 is 0 Å². The predicted octanol–water partition coefficient (Wildman–Crippen LogP) is 4.38. The van der Waals surface area contributed by atoms with E-state index in [0.717, 1.165) is 6.42 Å². The highest BCUT2D eigenvalue weighted by Gasteiger charge is 2.02. The van der Waals surface area contributed by atoms with E-state index in [1.165, 1.54) is 33.2 Å².